The number of rotatable bonds is 6. The number of ether oxygens (including phenoxy) is 1. The first-order valence-corrected chi connectivity index (χ1v) is 6.87. The van der Waals surface area contributed by atoms with Gasteiger partial charge in [-0.15, -0.1) is 0 Å². The first-order valence-electron chi connectivity index (χ1n) is 6.87. The minimum absolute atomic E-state index is 0.195. The van der Waals surface area contributed by atoms with Crippen molar-refractivity contribution in [3.05, 3.63) is 35.6 Å². The van der Waals surface area contributed by atoms with Crippen molar-refractivity contribution >= 4 is 5.91 Å². The van der Waals surface area contributed by atoms with Crippen LogP contribution < -0.4 is 10.1 Å². The Bertz CT molecular complexity index is 637. The van der Waals surface area contributed by atoms with E-state index in [1.54, 1.807) is 25.3 Å². The van der Waals surface area contributed by atoms with E-state index in [4.69, 9.17) is 9.26 Å². The van der Waals surface area contributed by atoms with Crippen molar-refractivity contribution in [1.82, 2.24) is 20.4 Å². The van der Waals surface area contributed by atoms with Gasteiger partial charge in [-0.05, 0) is 31.7 Å². The van der Waals surface area contributed by atoms with Crippen molar-refractivity contribution in [2.45, 2.75) is 26.3 Å². The van der Waals surface area contributed by atoms with Crippen LogP contribution in [-0.2, 0) is 6.54 Å². The maximum atomic E-state index is 12.0. The molecule has 3 rings (SSSR count). The third-order valence-electron chi connectivity index (χ3n) is 3.13. The van der Waals surface area contributed by atoms with Gasteiger partial charge in [-0.25, -0.2) is 4.98 Å². The molecule has 110 valence electrons. The normalized spacial score (nSPS) is 14.0. The predicted octanol–water partition coefficient (Wildman–Crippen LogP) is 1.49. The maximum Gasteiger partial charge on any atom is 0.251 e. The van der Waals surface area contributed by atoms with E-state index in [0.29, 0.717) is 35.7 Å². The smallest absolute Gasteiger partial charge is 0.251 e. The number of nitrogens with one attached hydrogen (secondary N) is 1. The molecule has 1 fully saturated rings. The molecule has 0 aliphatic heterocycles. The molecular formula is C14H16N4O3. The first-order chi connectivity index (χ1) is 10.2. The molecule has 21 heavy (non-hydrogen) atoms. The van der Waals surface area contributed by atoms with Crippen LogP contribution in [0, 0.1) is 12.8 Å². The summed E-state index contributed by atoms with van der Waals surface area (Å²) in [5.41, 5.74) is 0.493. The van der Waals surface area contributed by atoms with Crippen LogP contribution in [0.15, 0.2) is 22.9 Å². The molecule has 1 aliphatic rings. The highest BCUT2D eigenvalue weighted by atomic mass is 16.5. The molecule has 7 heteroatoms. The highest BCUT2D eigenvalue weighted by molar-refractivity contribution is 5.94. The Labute approximate surface area is 121 Å². The van der Waals surface area contributed by atoms with Gasteiger partial charge in [0, 0.05) is 17.8 Å². The molecule has 2 aromatic rings. The summed E-state index contributed by atoms with van der Waals surface area (Å²) < 4.78 is 10.5. The third-order valence-corrected chi connectivity index (χ3v) is 3.13. The average Bonchev–Trinajstić information content (AvgIpc) is 3.24. The second-order valence-electron chi connectivity index (χ2n) is 5.06. The second-order valence-corrected chi connectivity index (χ2v) is 5.06. The molecule has 1 N–H and O–H groups in total. The van der Waals surface area contributed by atoms with Crippen molar-refractivity contribution in [2.75, 3.05) is 6.61 Å². The molecule has 1 amide bonds. The van der Waals surface area contributed by atoms with Crippen molar-refractivity contribution in [3.8, 4) is 5.88 Å². The summed E-state index contributed by atoms with van der Waals surface area (Å²) in [6.45, 7) is 2.58. The third kappa shape index (κ3) is 3.77. The van der Waals surface area contributed by atoms with Gasteiger partial charge in [0.25, 0.3) is 5.91 Å². The van der Waals surface area contributed by atoms with Crippen LogP contribution in [0.3, 0.4) is 0 Å². The Balaban J connectivity index is 1.56. The molecular weight excluding hydrogens is 272 g/mol. The van der Waals surface area contributed by atoms with Gasteiger partial charge in [0.15, 0.2) is 5.82 Å². The van der Waals surface area contributed by atoms with Gasteiger partial charge in [0.05, 0.1) is 13.2 Å². The Kier molecular flexibility index (Phi) is 3.81. The van der Waals surface area contributed by atoms with E-state index in [1.807, 2.05) is 0 Å². The summed E-state index contributed by atoms with van der Waals surface area (Å²) >= 11 is 0. The number of hydrogen-bond donors (Lipinski definition) is 1. The molecule has 7 nitrogen and oxygen atoms in total. The minimum Gasteiger partial charge on any atom is -0.477 e. The molecule has 0 saturated heterocycles. The van der Waals surface area contributed by atoms with Crippen LogP contribution in [0.4, 0.5) is 0 Å². The van der Waals surface area contributed by atoms with Crippen LogP contribution >= 0.6 is 0 Å². The van der Waals surface area contributed by atoms with E-state index in [9.17, 15) is 4.79 Å². The van der Waals surface area contributed by atoms with Crippen molar-refractivity contribution in [3.63, 3.8) is 0 Å². The largest absolute Gasteiger partial charge is 0.477 e. The lowest BCUT2D eigenvalue weighted by atomic mass is 10.2. The molecule has 0 aromatic carbocycles. The highest BCUT2D eigenvalue weighted by Gasteiger charge is 2.22. The van der Waals surface area contributed by atoms with Crippen LogP contribution in [0.2, 0.25) is 0 Å². The van der Waals surface area contributed by atoms with E-state index >= 15 is 0 Å². The number of carbonyl (C=O) groups is 1. The van der Waals surface area contributed by atoms with Crippen LogP contribution in [-0.4, -0.2) is 27.6 Å². The van der Waals surface area contributed by atoms with E-state index < -0.39 is 0 Å². The average molecular weight is 288 g/mol. The number of carbonyl (C=O) groups excluding carboxylic acids is 1. The molecule has 0 bridgehead atoms. The molecule has 0 unspecified atom stereocenters. The fourth-order valence-electron chi connectivity index (χ4n) is 1.79. The molecule has 1 aliphatic carbocycles. The minimum atomic E-state index is -0.232. The Morgan fingerprint density at radius 2 is 2.38 bits per heavy atom. The zero-order valence-electron chi connectivity index (χ0n) is 11.7. The molecule has 1 saturated carbocycles. The van der Waals surface area contributed by atoms with E-state index in [2.05, 4.69) is 20.4 Å². The number of nitrogens with zero attached hydrogens (tertiary/aromatic N) is 3. The summed E-state index contributed by atoms with van der Waals surface area (Å²) in [7, 11) is 0. The molecule has 0 spiro atoms. The predicted molar refractivity (Wildman–Crippen MR) is 72.7 cm³/mol. The van der Waals surface area contributed by atoms with Gasteiger partial charge >= 0.3 is 0 Å². The lowest BCUT2D eigenvalue weighted by molar-refractivity contribution is 0.0945. The lowest BCUT2D eigenvalue weighted by Crippen LogP contribution is -2.23. The quantitative estimate of drug-likeness (QED) is 0.866. The zero-order chi connectivity index (χ0) is 14.7. The standard InChI is InChI=1S/C14H16N4O3/c1-9-17-13(21-18-9)7-16-14(19)11-4-5-15-12(6-11)20-8-10-2-3-10/h4-6,10H,2-3,7-8H2,1H3,(H,16,19). The van der Waals surface area contributed by atoms with E-state index in [-0.39, 0.29) is 12.5 Å². The Hall–Kier alpha value is -2.44. The number of pyridine rings is 1. The molecule has 2 aromatic heterocycles. The summed E-state index contributed by atoms with van der Waals surface area (Å²) in [6.07, 6.45) is 3.99. The highest BCUT2D eigenvalue weighted by Crippen LogP contribution is 2.29. The topological polar surface area (TPSA) is 90.1 Å². The lowest BCUT2D eigenvalue weighted by Gasteiger charge is -2.06. The number of amides is 1. The molecule has 2 heterocycles. The summed E-state index contributed by atoms with van der Waals surface area (Å²) in [5.74, 6) is 1.80. The maximum absolute atomic E-state index is 12.0. The van der Waals surface area contributed by atoms with Crippen LogP contribution in [0.1, 0.15) is 34.9 Å². The monoisotopic (exact) mass is 288 g/mol. The molecule has 0 atom stereocenters. The van der Waals surface area contributed by atoms with Crippen molar-refractivity contribution in [1.29, 1.82) is 0 Å². The van der Waals surface area contributed by atoms with Crippen molar-refractivity contribution < 1.29 is 14.1 Å². The Morgan fingerprint density at radius 1 is 1.52 bits per heavy atom. The van der Waals surface area contributed by atoms with Gasteiger partial charge in [0.1, 0.15) is 0 Å². The van der Waals surface area contributed by atoms with E-state index in [1.165, 1.54) is 12.8 Å². The van der Waals surface area contributed by atoms with Gasteiger partial charge < -0.3 is 14.6 Å². The number of aryl methyl sites for hydroxylation is 1. The van der Waals surface area contributed by atoms with Gasteiger partial charge in [0.2, 0.25) is 11.8 Å². The summed E-state index contributed by atoms with van der Waals surface area (Å²) in [6, 6.07) is 3.27. The van der Waals surface area contributed by atoms with Gasteiger partial charge in [-0.1, -0.05) is 5.16 Å². The van der Waals surface area contributed by atoms with Crippen LogP contribution in [0.25, 0.3) is 0 Å². The summed E-state index contributed by atoms with van der Waals surface area (Å²) in [4.78, 5) is 20.2. The van der Waals surface area contributed by atoms with E-state index in [0.717, 1.165) is 0 Å². The van der Waals surface area contributed by atoms with Crippen molar-refractivity contribution in [2.24, 2.45) is 5.92 Å². The molecule has 0 radical (unpaired) electrons. The summed E-state index contributed by atoms with van der Waals surface area (Å²) in [5, 5.41) is 6.38. The Morgan fingerprint density at radius 3 is 3.10 bits per heavy atom. The second kappa shape index (κ2) is 5.90. The fourth-order valence-corrected chi connectivity index (χ4v) is 1.79. The van der Waals surface area contributed by atoms with Crippen LogP contribution in [0.5, 0.6) is 5.88 Å². The zero-order valence-corrected chi connectivity index (χ0v) is 11.7. The van der Waals surface area contributed by atoms with Gasteiger partial charge in [-0.2, -0.15) is 4.98 Å². The number of hydrogen-bond acceptors (Lipinski definition) is 6. The fraction of sp³-hybridized carbons (Fsp3) is 0.429. The first kappa shape index (κ1) is 13.5. The van der Waals surface area contributed by atoms with Gasteiger partial charge in [-0.3, -0.25) is 4.79 Å². The number of aromatic nitrogens is 3. The SMILES string of the molecule is Cc1noc(CNC(=O)c2ccnc(OCC3CC3)c2)n1.